The van der Waals surface area contributed by atoms with Gasteiger partial charge in [0.1, 0.15) is 11.5 Å². The molecule has 96 valence electrons. The molecule has 0 bridgehead atoms. The Balaban J connectivity index is 3.05. The van der Waals surface area contributed by atoms with Crippen LogP contribution in [0.15, 0.2) is 18.2 Å². The maximum atomic E-state index is 5.81. The molecule has 0 radical (unpaired) electrons. The van der Waals surface area contributed by atoms with Crippen LogP contribution in [0.3, 0.4) is 0 Å². The molecule has 0 aromatic heterocycles. The molecule has 0 fully saturated rings. The fourth-order valence-electron chi connectivity index (χ4n) is 1.80. The first-order chi connectivity index (χ1) is 8.12. The number of rotatable bonds is 6. The van der Waals surface area contributed by atoms with Crippen LogP contribution in [0.2, 0.25) is 0 Å². The SMILES string of the molecule is COc1ccc(OC)c(C(CN)NC(C)C)c1. The Morgan fingerprint density at radius 3 is 2.41 bits per heavy atom. The third-order valence-corrected chi connectivity index (χ3v) is 2.58. The van der Waals surface area contributed by atoms with E-state index in [0.717, 1.165) is 17.1 Å². The van der Waals surface area contributed by atoms with Gasteiger partial charge < -0.3 is 20.5 Å². The molecule has 1 unspecified atom stereocenters. The predicted octanol–water partition coefficient (Wildman–Crippen LogP) is 1.70. The van der Waals surface area contributed by atoms with E-state index in [1.54, 1.807) is 14.2 Å². The van der Waals surface area contributed by atoms with Crippen molar-refractivity contribution >= 4 is 0 Å². The molecule has 0 saturated heterocycles. The molecule has 17 heavy (non-hydrogen) atoms. The van der Waals surface area contributed by atoms with Gasteiger partial charge in [0.05, 0.1) is 14.2 Å². The Hall–Kier alpha value is -1.26. The Morgan fingerprint density at radius 1 is 1.24 bits per heavy atom. The second-order valence-corrected chi connectivity index (χ2v) is 4.22. The van der Waals surface area contributed by atoms with Crippen LogP contribution in [0.25, 0.3) is 0 Å². The molecule has 3 N–H and O–H groups in total. The first-order valence-electron chi connectivity index (χ1n) is 5.80. The van der Waals surface area contributed by atoms with E-state index in [4.69, 9.17) is 15.2 Å². The van der Waals surface area contributed by atoms with Crippen molar-refractivity contribution in [3.05, 3.63) is 23.8 Å². The van der Waals surface area contributed by atoms with Gasteiger partial charge in [0.25, 0.3) is 0 Å². The summed E-state index contributed by atoms with van der Waals surface area (Å²) >= 11 is 0. The van der Waals surface area contributed by atoms with Crippen LogP contribution in [0, 0.1) is 0 Å². The monoisotopic (exact) mass is 238 g/mol. The molecular formula is C13H22N2O2. The number of ether oxygens (including phenoxy) is 2. The van der Waals surface area contributed by atoms with Gasteiger partial charge in [0, 0.05) is 24.2 Å². The normalized spacial score (nSPS) is 12.6. The van der Waals surface area contributed by atoms with Gasteiger partial charge in [-0.1, -0.05) is 13.8 Å². The summed E-state index contributed by atoms with van der Waals surface area (Å²) in [7, 11) is 3.31. The van der Waals surface area contributed by atoms with Crippen molar-refractivity contribution in [3.8, 4) is 11.5 Å². The maximum Gasteiger partial charge on any atom is 0.123 e. The van der Waals surface area contributed by atoms with Crippen molar-refractivity contribution < 1.29 is 9.47 Å². The van der Waals surface area contributed by atoms with Crippen LogP contribution in [0.4, 0.5) is 0 Å². The van der Waals surface area contributed by atoms with Crippen LogP contribution in [-0.4, -0.2) is 26.8 Å². The summed E-state index contributed by atoms with van der Waals surface area (Å²) in [6.45, 7) is 4.70. The molecule has 4 nitrogen and oxygen atoms in total. The van der Waals surface area contributed by atoms with Crippen LogP contribution in [0.5, 0.6) is 11.5 Å². The number of nitrogens with one attached hydrogen (secondary N) is 1. The molecule has 0 aliphatic carbocycles. The first-order valence-corrected chi connectivity index (χ1v) is 5.80. The fraction of sp³-hybridized carbons (Fsp3) is 0.538. The molecule has 1 aromatic rings. The van der Waals surface area contributed by atoms with Crippen LogP contribution < -0.4 is 20.5 Å². The van der Waals surface area contributed by atoms with Gasteiger partial charge in [-0.3, -0.25) is 0 Å². The van der Waals surface area contributed by atoms with Gasteiger partial charge in [0.15, 0.2) is 0 Å². The van der Waals surface area contributed by atoms with E-state index >= 15 is 0 Å². The second-order valence-electron chi connectivity index (χ2n) is 4.22. The van der Waals surface area contributed by atoms with Gasteiger partial charge in [-0.25, -0.2) is 0 Å². The van der Waals surface area contributed by atoms with Crippen molar-refractivity contribution in [2.75, 3.05) is 20.8 Å². The standard InChI is InChI=1S/C13H22N2O2/c1-9(2)15-12(8-14)11-7-10(16-3)5-6-13(11)17-4/h5-7,9,12,15H,8,14H2,1-4H3. The Kier molecular flexibility index (Phi) is 5.25. The lowest BCUT2D eigenvalue weighted by atomic mass is 10.0. The predicted molar refractivity (Wildman–Crippen MR) is 69.6 cm³/mol. The molecule has 0 aliphatic heterocycles. The van der Waals surface area contributed by atoms with Gasteiger partial charge >= 0.3 is 0 Å². The third-order valence-electron chi connectivity index (χ3n) is 2.58. The minimum absolute atomic E-state index is 0.0695. The van der Waals surface area contributed by atoms with E-state index < -0.39 is 0 Å². The van der Waals surface area contributed by atoms with Crippen molar-refractivity contribution in [1.82, 2.24) is 5.32 Å². The summed E-state index contributed by atoms with van der Waals surface area (Å²) in [5, 5.41) is 3.41. The largest absolute Gasteiger partial charge is 0.497 e. The number of hydrogen-bond acceptors (Lipinski definition) is 4. The topological polar surface area (TPSA) is 56.5 Å². The number of methoxy groups -OCH3 is 2. The highest BCUT2D eigenvalue weighted by Gasteiger charge is 2.16. The highest BCUT2D eigenvalue weighted by atomic mass is 16.5. The van der Waals surface area contributed by atoms with Crippen molar-refractivity contribution in [2.24, 2.45) is 5.73 Å². The fourth-order valence-corrected chi connectivity index (χ4v) is 1.80. The molecule has 0 heterocycles. The van der Waals surface area contributed by atoms with Gasteiger partial charge in [-0.15, -0.1) is 0 Å². The maximum absolute atomic E-state index is 5.81. The summed E-state index contributed by atoms with van der Waals surface area (Å²) in [4.78, 5) is 0. The number of benzene rings is 1. The van der Waals surface area contributed by atoms with E-state index in [1.807, 2.05) is 18.2 Å². The molecule has 0 saturated carbocycles. The van der Waals surface area contributed by atoms with E-state index in [9.17, 15) is 0 Å². The van der Waals surface area contributed by atoms with Crippen LogP contribution in [0.1, 0.15) is 25.5 Å². The minimum atomic E-state index is 0.0695. The van der Waals surface area contributed by atoms with E-state index in [0.29, 0.717) is 12.6 Å². The summed E-state index contributed by atoms with van der Waals surface area (Å²) < 4.78 is 10.6. The lowest BCUT2D eigenvalue weighted by Crippen LogP contribution is -2.33. The lowest BCUT2D eigenvalue weighted by Gasteiger charge is -2.22. The Bertz CT molecular complexity index is 353. The Labute approximate surface area is 103 Å². The average molecular weight is 238 g/mol. The van der Waals surface area contributed by atoms with E-state index in [1.165, 1.54) is 0 Å². The summed E-state index contributed by atoms with van der Waals surface area (Å²) in [5.41, 5.74) is 6.84. The zero-order valence-corrected chi connectivity index (χ0v) is 11.0. The second kappa shape index (κ2) is 6.47. The summed E-state index contributed by atoms with van der Waals surface area (Å²) in [5.74, 6) is 1.64. The zero-order valence-electron chi connectivity index (χ0n) is 11.0. The van der Waals surface area contributed by atoms with Gasteiger partial charge in [-0.05, 0) is 18.2 Å². The zero-order chi connectivity index (χ0) is 12.8. The average Bonchev–Trinajstić information content (AvgIpc) is 2.34. The molecule has 0 spiro atoms. The van der Waals surface area contributed by atoms with Crippen molar-refractivity contribution in [1.29, 1.82) is 0 Å². The van der Waals surface area contributed by atoms with E-state index in [-0.39, 0.29) is 6.04 Å². The van der Waals surface area contributed by atoms with Crippen molar-refractivity contribution in [2.45, 2.75) is 25.9 Å². The molecule has 1 atom stereocenters. The highest BCUT2D eigenvalue weighted by molar-refractivity contribution is 5.42. The molecule has 0 amide bonds. The van der Waals surface area contributed by atoms with E-state index in [2.05, 4.69) is 19.2 Å². The summed E-state index contributed by atoms with van der Waals surface area (Å²) in [6, 6.07) is 6.18. The smallest absolute Gasteiger partial charge is 0.123 e. The van der Waals surface area contributed by atoms with Gasteiger partial charge in [-0.2, -0.15) is 0 Å². The minimum Gasteiger partial charge on any atom is -0.497 e. The van der Waals surface area contributed by atoms with Crippen LogP contribution >= 0.6 is 0 Å². The first kappa shape index (κ1) is 13.8. The highest BCUT2D eigenvalue weighted by Crippen LogP contribution is 2.29. The number of nitrogens with two attached hydrogens (primary N) is 1. The van der Waals surface area contributed by atoms with Gasteiger partial charge in [0.2, 0.25) is 0 Å². The Morgan fingerprint density at radius 2 is 1.94 bits per heavy atom. The lowest BCUT2D eigenvalue weighted by molar-refractivity contribution is 0.385. The number of hydrogen-bond donors (Lipinski definition) is 2. The van der Waals surface area contributed by atoms with Crippen molar-refractivity contribution in [3.63, 3.8) is 0 Å². The molecule has 1 aromatic carbocycles. The molecule has 1 rings (SSSR count). The van der Waals surface area contributed by atoms with Crippen LogP contribution in [-0.2, 0) is 0 Å². The molecule has 0 aliphatic rings. The summed E-state index contributed by atoms with van der Waals surface area (Å²) in [6.07, 6.45) is 0. The third kappa shape index (κ3) is 3.61. The molecule has 4 heteroatoms. The quantitative estimate of drug-likeness (QED) is 0.792. The molecular weight excluding hydrogens is 216 g/mol.